The summed E-state index contributed by atoms with van der Waals surface area (Å²) in [6, 6.07) is 16.9. The second-order valence-electron chi connectivity index (χ2n) is 9.55. The first-order valence-electron chi connectivity index (χ1n) is 12.8. The second-order valence-corrected chi connectivity index (χ2v) is 11.5. The second kappa shape index (κ2) is 11.2. The fourth-order valence-electron chi connectivity index (χ4n) is 4.80. The third-order valence-corrected chi connectivity index (χ3v) is 8.62. The number of carbonyl (C=O) groups is 1. The molecule has 6 nitrogen and oxygen atoms in total. The summed E-state index contributed by atoms with van der Waals surface area (Å²) < 4.78 is 13.3. The quantitative estimate of drug-likeness (QED) is 0.284. The minimum atomic E-state index is -0.638. The van der Waals surface area contributed by atoms with Crippen LogP contribution < -0.4 is 19.6 Å². The van der Waals surface area contributed by atoms with Gasteiger partial charge in [0.15, 0.2) is 4.80 Å². The van der Waals surface area contributed by atoms with E-state index in [-0.39, 0.29) is 18.1 Å². The summed E-state index contributed by atoms with van der Waals surface area (Å²) in [7, 11) is 1.68. The monoisotopic (exact) mass is 558 g/mol. The van der Waals surface area contributed by atoms with Gasteiger partial charge in [-0.15, -0.1) is 11.3 Å². The highest BCUT2D eigenvalue weighted by Crippen LogP contribution is 2.37. The molecule has 0 bridgehead atoms. The zero-order valence-electron chi connectivity index (χ0n) is 22.6. The van der Waals surface area contributed by atoms with Crippen molar-refractivity contribution in [3.8, 4) is 5.75 Å². The van der Waals surface area contributed by atoms with Crippen LogP contribution in [0, 0.1) is 6.92 Å². The van der Waals surface area contributed by atoms with Crippen molar-refractivity contribution in [1.29, 1.82) is 0 Å². The smallest absolute Gasteiger partial charge is 0.338 e. The highest BCUT2D eigenvalue weighted by molar-refractivity contribution is 7.10. The van der Waals surface area contributed by atoms with Crippen LogP contribution in [0.2, 0.25) is 0 Å². The van der Waals surface area contributed by atoms with E-state index in [4.69, 9.17) is 14.5 Å². The highest BCUT2D eigenvalue weighted by Gasteiger charge is 2.35. The van der Waals surface area contributed by atoms with Gasteiger partial charge in [-0.1, -0.05) is 61.6 Å². The Kier molecular flexibility index (Phi) is 7.68. The zero-order valence-corrected chi connectivity index (χ0v) is 24.2. The Morgan fingerprint density at radius 1 is 1.15 bits per heavy atom. The van der Waals surface area contributed by atoms with E-state index in [9.17, 15) is 9.59 Å². The number of carbonyl (C=O) groups excluding carboxylic acids is 1. The number of esters is 1. The number of hydrogen-bond acceptors (Lipinski definition) is 7. The number of aryl methyl sites for hydroxylation is 1. The van der Waals surface area contributed by atoms with Crippen LogP contribution in [0.15, 0.2) is 75.3 Å². The Balaban J connectivity index is 1.79. The van der Waals surface area contributed by atoms with E-state index in [2.05, 4.69) is 19.9 Å². The van der Waals surface area contributed by atoms with E-state index >= 15 is 0 Å². The normalized spacial score (nSPS) is 15.3. The largest absolute Gasteiger partial charge is 0.496 e. The summed E-state index contributed by atoms with van der Waals surface area (Å²) in [5.74, 6) is 0.624. The van der Waals surface area contributed by atoms with Crippen molar-refractivity contribution in [1.82, 2.24) is 4.57 Å². The first-order valence-corrected chi connectivity index (χ1v) is 14.5. The van der Waals surface area contributed by atoms with Gasteiger partial charge in [0.1, 0.15) is 11.8 Å². The summed E-state index contributed by atoms with van der Waals surface area (Å²) in [6.07, 6.45) is 1.92. The van der Waals surface area contributed by atoms with Gasteiger partial charge in [-0.05, 0) is 66.1 Å². The molecule has 0 aliphatic carbocycles. The van der Waals surface area contributed by atoms with E-state index in [1.807, 2.05) is 66.9 Å². The molecule has 0 saturated carbocycles. The Bertz CT molecular complexity index is 1730. The molecule has 5 rings (SSSR count). The highest BCUT2D eigenvalue weighted by atomic mass is 32.1. The number of rotatable bonds is 7. The molecule has 1 atom stereocenters. The van der Waals surface area contributed by atoms with Crippen LogP contribution in [0.1, 0.15) is 59.9 Å². The molecule has 200 valence electrons. The maximum Gasteiger partial charge on any atom is 0.338 e. The van der Waals surface area contributed by atoms with Crippen LogP contribution in [0.5, 0.6) is 5.75 Å². The fraction of sp³-hybridized carbons (Fsp3) is 0.258. The lowest BCUT2D eigenvalue weighted by Gasteiger charge is -2.24. The number of thiazole rings is 1. The van der Waals surface area contributed by atoms with E-state index in [0.29, 0.717) is 20.6 Å². The molecule has 0 spiro atoms. The van der Waals surface area contributed by atoms with Crippen molar-refractivity contribution < 1.29 is 14.3 Å². The lowest BCUT2D eigenvalue weighted by atomic mass is 9.96. The van der Waals surface area contributed by atoms with Gasteiger partial charge in [0.2, 0.25) is 0 Å². The van der Waals surface area contributed by atoms with Crippen molar-refractivity contribution in [2.75, 3.05) is 13.7 Å². The van der Waals surface area contributed by atoms with E-state index < -0.39 is 12.0 Å². The molecular weight excluding hydrogens is 528 g/mol. The van der Waals surface area contributed by atoms with Crippen LogP contribution in [0.25, 0.3) is 11.8 Å². The Morgan fingerprint density at radius 3 is 2.56 bits per heavy atom. The lowest BCUT2D eigenvalue weighted by molar-refractivity contribution is -0.138. The average Bonchev–Trinajstić information content (AvgIpc) is 3.57. The third kappa shape index (κ3) is 5.02. The summed E-state index contributed by atoms with van der Waals surface area (Å²) in [4.78, 5) is 33.8. The Labute approximate surface area is 235 Å². The lowest BCUT2D eigenvalue weighted by Crippen LogP contribution is -2.39. The summed E-state index contributed by atoms with van der Waals surface area (Å²) in [5.41, 5.74) is 4.55. The number of fused-ring (bicyclic) bond motifs is 1. The van der Waals surface area contributed by atoms with Crippen LogP contribution >= 0.6 is 22.7 Å². The number of aromatic nitrogens is 1. The van der Waals surface area contributed by atoms with Crippen molar-refractivity contribution in [3.05, 3.63) is 112 Å². The molecular formula is C31H30N2O4S2. The summed E-state index contributed by atoms with van der Waals surface area (Å²) >= 11 is 2.83. The van der Waals surface area contributed by atoms with E-state index in [1.165, 1.54) is 22.7 Å². The molecule has 2 aromatic heterocycles. The minimum absolute atomic E-state index is 0.188. The molecule has 4 aromatic rings. The summed E-state index contributed by atoms with van der Waals surface area (Å²) in [6.45, 7) is 8.25. The Morgan fingerprint density at radius 2 is 1.92 bits per heavy atom. The number of ether oxygens (including phenoxy) is 2. The van der Waals surface area contributed by atoms with Crippen LogP contribution in [0.3, 0.4) is 0 Å². The van der Waals surface area contributed by atoms with Gasteiger partial charge in [0.25, 0.3) is 5.56 Å². The van der Waals surface area contributed by atoms with Gasteiger partial charge < -0.3 is 9.47 Å². The minimum Gasteiger partial charge on any atom is -0.496 e. The van der Waals surface area contributed by atoms with Gasteiger partial charge >= 0.3 is 5.97 Å². The molecule has 8 heteroatoms. The topological polar surface area (TPSA) is 69.9 Å². The number of methoxy groups -OCH3 is 1. The third-order valence-electron chi connectivity index (χ3n) is 6.71. The van der Waals surface area contributed by atoms with Crippen molar-refractivity contribution in [2.24, 2.45) is 4.99 Å². The molecule has 0 fully saturated rings. The SMILES string of the molecule is CCOC(=O)C1=C(c2ccccc2)N=c2sc(=Cc3cc(C(C)C)c(OC)cc3C)c(=O)n2C1c1cccs1. The van der Waals surface area contributed by atoms with Gasteiger partial charge in [-0.3, -0.25) is 9.36 Å². The molecule has 0 amide bonds. The van der Waals surface area contributed by atoms with Crippen LogP contribution in [-0.4, -0.2) is 24.3 Å². The zero-order chi connectivity index (χ0) is 27.7. The molecule has 0 N–H and O–H groups in total. The van der Waals surface area contributed by atoms with Crippen LogP contribution in [0.4, 0.5) is 0 Å². The van der Waals surface area contributed by atoms with E-state index in [0.717, 1.165) is 32.9 Å². The number of benzene rings is 2. The molecule has 3 heterocycles. The molecule has 1 aliphatic heterocycles. The predicted octanol–water partition coefficient (Wildman–Crippen LogP) is 5.44. The van der Waals surface area contributed by atoms with Crippen molar-refractivity contribution in [2.45, 2.75) is 39.7 Å². The van der Waals surface area contributed by atoms with Gasteiger partial charge in [0, 0.05) is 10.4 Å². The first kappa shape index (κ1) is 26.8. The molecule has 0 saturated heterocycles. The average molecular weight is 559 g/mol. The molecule has 39 heavy (non-hydrogen) atoms. The molecule has 1 unspecified atom stereocenters. The van der Waals surface area contributed by atoms with Gasteiger partial charge in [0.05, 0.1) is 29.5 Å². The van der Waals surface area contributed by atoms with E-state index in [1.54, 1.807) is 18.6 Å². The van der Waals surface area contributed by atoms with Crippen molar-refractivity contribution in [3.63, 3.8) is 0 Å². The standard InChI is InChI=1S/C31H30N2O4S2/c1-6-37-30(35)26-27(20-11-8-7-9-12-20)32-31-33(28(26)24-13-10-14-38-24)29(34)25(39-31)17-21-16-22(18(2)3)23(36-5)15-19(21)4/h7-18,28H,6H2,1-5H3. The predicted molar refractivity (Wildman–Crippen MR) is 157 cm³/mol. The molecule has 2 aromatic carbocycles. The van der Waals surface area contributed by atoms with Crippen LogP contribution in [-0.2, 0) is 9.53 Å². The summed E-state index contributed by atoms with van der Waals surface area (Å²) in [5, 5.41) is 1.95. The first-order chi connectivity index (χ1) is 18.8. The maximum atomic E-state index is 14.0. The number of thiophene rings is 1. The van der Waals surface area contributed by atoms with Gasteiger partial charge in [-0.25, -0.2) is 9.79 Å². The number of nitrogens with zero attached hydrogens (tertiary/aromatic N) is 2. The molecule has 1 aliphatic rings. The molecule has 0 radical (unpaired) electrons. The van der Waals surface area contributed by atoms with Gasteiger partial charge in [-0.2, -0.15) is 0 Å². The Hall–Kier alpha value is -3.75. The van der Waals surface area contributed by atoms with Crippen molar-refractivity contribution >= 4 is 40.4 Å². The maximum absolute atomic E-state index is 14.0. The fourth-order valence-corrected chi connectivity index (χ4v) is 6.61. The number of hydrogen-bond donors (Lipinski definition) is 0.